The Bertz CT molecular complexity index is 725. The molecule has 2 aromatic rings. The van der Waals surface area contributed by atoms with E-state index < -0.39 is 10.8 Å². The van der Waals surface area contributed by atoms with Gasteiger partial charge in [-0.2, -0.15) is 0 Å². The van der Waals surface area contributed by atoms with Crippen LogP contribution in [0.4, 0.5) is 0 Å². The van der Waals surface area contributed by atoms with Gasteiger partial charge in [-0.15, -0.1) is 0 Å². The van der Waals surface area contributed by atoms with E-state index in [0.717, 1.165) is 36.2 Å². The van der Waals surface area contributed by atoms with E-state index in [1.165, 1.54) is 5.57 Å². The molecule has 2 atom stereocenters. The number of hydrogen-bond donors (Lipinski definition) is 1. The van der Waals surface area contributed by atoms with Crippen molar-refractivity contribution in [1.82, 2.24) is 9.97 Å². The first kappa shape index (κ1) is 12.8. The number of nitrogens with zero attached hydrogens (tertiary/aromatic N) is 2. The van der Waals surface area contributed by atoms with E-state index in [0.29, 0.717) is 10.9 Å². The number of benzene rings is 1. The van der Waals surface area contributed by atoms with Crippen molar-refractivity contribution in [2.45, 2.75) is 24.1 Å². The van der Waals surface area contributed by atoms with E-state index in [9.17, 15) is 4.21 Å². The molecule has 1 N–H and O–H groups in total. The van der Waals surface area contributed by atoms with Crippen LogP contribution in [0.5, 0.6) is 0 Å². The van der Waals surface area contributed by atoms with Gasteiger partial charge >= 0.3 is 0 Å². The fourth-order valence-electron chi connectivity index (χ4n) is 2.76. The number of aromatic amines is 1. The van der Waals surface area contributed by atoms with E-state index in [2.05, 4.69) is 15.0 Å². The van der Waals surface area contributed by atoms with E-state index >= 15 is 0 Å². The third-order valence-electron chi connectivity index (χ3n) is 3.79. The SMILES string of the molecule is O=S(CC1CC2=C(CC=NC2)O1)c1nc2ccccc2[nH]1. The van der Waals surface area contributed by atoms with E-state index in [1.807, 2.05) is 30.5 Å². The number of rotatable bonds is 3. The van der Waals surface area contributed by atoms with Gasteiger partial charge in [-0.05, 0) is 17.7 Å². The van der Waals surface area contributed by atoms with Crippen LogP contribution < -0.4 is 0 Å². The standard InChI is InChI=1S/C15H15N3O2S/c19-21(15-17-12-3-1-2-4-13(12)18-15)9-11-7-10-8-16-6-5-14(10)20-11/h1-4,6,11H,5,7-9H2,(H,17,18). The number of fused-ring (bicyclic) bond motifs is 1. The van der Waals surface area contributed by atoms with Gasteiger partial charge in [0.25, 0.3) is 0 Å². The van der Waals surface area contributed by atoms with Crippen LogP contribution >= 0.6 is 0 Å². The van der Waals surface area contributed by atoms with Gasteiger partial charge in [-0.3, -0.25) is 9.20 Å². The molecule has 2 unspecified atom stereocenters. The lowest BCUT2D eigenvalue weighted by atomic mass is 10.1. The molecule has 2 aliphatic rings. The smallest absolute Gasteiger partial charge is 0.197 e. The van der Waals surface area contributed by atoms with Gasteiger partial charge in [0.05, 0.1) is 34.1 Å². The Morgan fingerprint density at radius 3 is 3.14 bits per heavy atom. The van der Waals surface area contributed by atoms with Crippen molar-refractivity contribution in [1.29, 1.82) is 0 Å². The minimum absolute atomic E-state index is 0.0225. The first-order chi connectivity index (χ1) is 10.3. The van der Waals surface area contributed by atoms with Gasteiger partial charge in [-0.25, -0.2) is 4.98 Å². The maximum atomic E-state index is 12.5. The average Bonchev–Trinajstić information content (AvgIpc) is 3.10. The summed E-state index contributed by atoms with van der Waals surface area (Å²) in [6.45, 7) is 0.725. The predicted octanol–water partition coefficient (Wildman–Crippen LogP) is 2.19. The fourth-order valence-corrected chi connectivity index (χ4v) is 3.87. The third kappa shape index (κ3) is 2.40. The van der Waals surface area contributed by atoms with Gasteiger partial charge in [0, 0.05) is 19.1 Å². The van der Waals surface area contributed by atoms with Crippen LogP contribution in [0.3, 0.4) is 0 Å². The molecule has 0 bridgehead atoms. The number of allylic oxidation sites excluding steroid dienone is 1. The minimum Gasteiger partial charge on any atom is -0.493 e. The summed E-state index contributed by atoms with van der Waals surface area (Å²) in [7, 11) is -1.18. The summed E-state index contributed by atoms with van der Waals surface area (Å²) in [4.78, 5) is 11.8. The summed E-state index contributed by atoms with van der Waals surface area (Å²) in [5.74, 6) is 1.49. The molecule has 0 saturated heterocycles. The Balaban J connectivity index is 1.47. The Hall–Kier alpha value is -1.95. The molecule has 1 aromatic carbocycles. The van der Waals surface area contributed by atoms with Gasteiger partial charge in [0.2, 0.25) is 0 Å². The topological polar surface area (TPSA) is 67.3 Å². The van der Waals surface area contributed by atoms with Crippen molar-refractivity contribution >= 4 is 28.0 Å². The van der Waals surface area contributed by atoms with Crippen LogP contribution in [0.2, 0.25) is 0 Å². The van der Waals surface area contributed by atoms with Gasteiger partial charge in [0.15, 0.2) is 5.16 Å². The number of para-hydroxylation sites is 2. The molecule has 6 heteroatoms. The Labute approximate surface area is 124 Å². The van der Waals surface area contributed by atoms with Crippen LogP contribution in [0.25, 0.3) is 11.0 Å². The zero-order chi connectivity index (χ0) is 14.2. The van der Waals surface area contributed by atoms with Crippen molar-refractivity contribution in [2.24, 2.45) is 4.99 Å². The molecule has 3 heterocycles. The molecule has 0 fully saturated rings. The number of imidazole rings is 1. The number of hydrogen-bond acceptors (Lipinski definition) is 4. The molecule has 0 radical (unpaired) electrons. The third-order valence-corrected chi connectivity index (χ3v) is 5.09. The number of dihydropyridines is 1. The highest BCUT2D eigenvalue weighted by Crippen LogP contribution is 2.30. The monoisotopic (exact) mass is 301 g/mol. The molecule has 0 saturated carbocycles. The Kier molecular flexibility index (Phi) is 3.11. The van der Waals surface area contributed by atoms with Crippen molar-refractivity contribution in [3.05, 3.63) is 35.6 Å². The highest BCUT2D eigenvalue weighted by Gasteiger charge is 2.28. The molecule has 4 rings (SSSR count). The molecule has 5 nitrogen and oxygen atoms in total. The molecular formula is C15H15N3O2S. The van der Waals surface area contributed by atoms with Crippen molar-refractivity contribution in [3.8, 4) is 0 Å². The number of nitrogens with one attached hydrogen (secondary N) is 1. The number of ether oxygens (including phenoxy) is 1. The lowest BCUT2D eigenvalue weighted by Crippen LogP contribution is -2.17. The highest BCUT2D eigenvalue weighted by atomic mass is 32.2. The largest absolute Gasteiger partial charge is 0.493 e. The molecule has 108 valence electrons. The lowest BCUT2D eigenvalue weighted by Gasteiger charge is -2.11. The number of H-pyrrole nitrogens is 1. The van der Waals surface area contributed by atoms with Crippen LogP contribution in [0.15, 0.2) is 45.7 Å². The molecule has 21 heavy (non-hydrogen) atoms. The lowest BCUT2D eigenvalue weighted by molar-refractivity contribution is 0.161. The van der Waals surface area contributed by atoms with E-state index in [-0.39, 0.29) is 6.10 Å². The summed E-state index contributed by atoms with van der Waals surface area (Å²) in [5, 5.41) is 0.529. The Morgan fingerprint density at radius 2 is 2.29 bits per heavy atom. The van der Waals surface area contributed by atoms with Crippen LogP contribution in [-0.4, -0.2) is 38.8 Å². The summed E-state index contributed by atoms with van der Waals surface area (Å²) >= 11 is 0. The molecule has 0 aliphatic carbocycles. The summed E-state index contributed by atoms with van der Waals surface area (Å²) in [5.41, 5.74) is 3.02. The maximum Gasteiger partial charge on any atom is 0.197 e. The Morgan fingerprint density at radius 1 is 1.38 bits per heavy atom. The van der Waals surface area contributed by atoms with Crippen LogP contribution in [-0.2, 0) is 15.5 Å². The first-order valence-corrected chi connectivity index (χ1v) is 8.30. The first-order valence-electron chi connectivity index (χ1n) is 6.98. The van der Waals surface area contributed by atoms with Crippen LogP contribution in [0.1, 0.15) is 12.8 Å². The predicted molar refractivity (Wildman–Crippen MR) is 81.9 cm³/mol. The second-order valence-corrected chi connectivity index (χ2v) is 6.68. The number of aromatic nitrogens is 2. The fraction of sp³-hybridized carbons (Fsp3) is 0.333. The molecule has 0 spiro atoms. The second-order valence-electron chi connectivity index (χ2n) is 5.27. The summed E-state index contributed by atoms with van der Waals surface area (Å²) in [6.07, 6.45) is 3.46. The van der Waals surface area contributed by atoms with Gasteiger partial charge in [-0.1, -0.05) is 12.1 Å². The van der Waals surface area contributed by atoms with Crippen molar-refractivity contribution in [2.75, 3.05) is 12.3 Å². The van der Waals surface area contributed by atoms with Crippen molar-refractivity contribution < 1.29 is 8.95 Å². The number of aliphatic imine (C=N–C) groups is 1. The minimum atomic E-state index is -1.18. The maximum absolute atomic E-state index is 12.5. The van der Waals surface area contributed by atoms with E-state index in [4.69, 9.17) is 4.74 Å². The van der Waals surface area contributed by atoms with Gasteiger partial charge in [0.1, 0.15) is 11.9 Å². The van der Waals surface area contributed by atoms with Crippen LogP contribution in [0, 0.1) is 0 Å². The van der Waals surface area contributed by atoms with Crippen molar-refractivity contribution in [3.63, 3.8) is 0 Å². The average molecular weight is 301 g/mol. The zero-order valence-electron chi connectivity index (χ0n) is 11.4. The normalized spacial score (nSPS) is 22.4. The summed E-state index contributed by atoms with van der Waals surface area (Å²) < 4.78 is 18.3. The second kappa shape index (κ2) is 5.11. The zero-order valence-corrected chi connectivity index (χ0v) is 12.2. The molecule has 2 aliphatic heterocycles. The van der Waals surface area contributed by atoms with E-state index in [1.54, 1.807) is 0 Å². The molecular weight excluding hydrogens is 286 g/mol. The highest BCUT2D eigenvalue weighted by molar-refractivity contribution is 7.84. The quantitative estimate of drug-likeness (QED) is 0.945. The summed E-state index contributed by atoms with van der Waals surface area (Å²) in [6, 6.07) is 7.71. The van der Waals surface area contributed by atoms with Gasteiger partial charge < -0.3 is 9.72 Å². The molecule has 0 amide bonds. The molecule has 1 aromatic heterocycles.